The molecule has 1 aliphatic heterocycles. The Bertz CT molecular complexity index is 2350. The summed E-state index contributed by atoms with van der Waals surface area (Å²) in [6, 6.07) is 27.6. The molecule has 0 saturated heterocycles. The van der Waals surface area contributed by atoms with Gasteiger partial charge in [0.05, 0.1) is 13.2 Å². The van der Waals surface area contributed by atoms with Crippen LogP contribution in [0, 0.1) is 5.41 Å². The fraction of sp³-hybridized carbons (Fsp3) is 0.250. The smallest absolute Gasteiger partial charge is 0.275 e. The number of phenolic OH excluding ortho intramolecular Hbond substituents is 1. The summed E-state index contributed by atoms with van der Waals surface area (Å²) in [6.07, 6.45) is 13.6. The number of aliphatic hydroxyl groups excluding tert-OH is 1. The van der Waals surface area contributed by atoms with Gasteiger partial charge in [0.25, 0.3) is 9.03 Å². The number of methoxy groups -OCH3 is 2. The van der Waals surface area contributed by atoms with E-state index in [4.69, 9.17) is 26.9 Å². The molecule has 304 valence electrons. The average Bonchev–Trinajstić information content (AvgIpc) is 3.61. The Labute approximate surface area is 345 Å². The molecule has 7 rings (SSSR count). The summed E-state index contributed by atoms with van der Waals surface area (Å²) in [4.78, 5) is 0. The molecule has 2 atom stereocenters. The minimum Gasteiger partial charge on any atom is -0.507 e. The predicted octanol–water partition coefficient (Wildman–Crippen LogP) is 13.6. The first-order valence-corrected chi connectivity index (χ1v) is 20.6. The summed E-state index contributed by atoms with van der Waals surface area (Å²) < 4.78 is 33.1. The lowest BCUT2D eigenvalue weighted by Crippen LogP contribution is -2.14. The predicted molar refractivity (Wildman–Crippen MR) is 241 cm³/mol. The maximum atomic E-state index is 11.1. The van der Waals surface area contributed by atoms with Gasteiger partial charge >= 0.3 is 0 Å². The third-order valence-electron chi connectivity index (χ3n) is 9.35. The van der Waals surface area contributed by atoms with E-state index in [1.54, 1.807) is 26.4 Å². The van der Waals surface area contributed by atoms with E-state index in [1.807, 2.05) is 151 Å². The Hall–Kier alpha value is -5.39. The molecule has 0 spiro atoms. The molecule has 0 saturated carbocycles. The molecule has 2 heterocycles. The van der Waals surface area contributed by atoms with E-state index in [0.717, 1.165) is 56.6 Å². The number of phenols is 1. The van der Waals surface area contributed by atoms with Crippen LogP contribution in [0.3, 0.4) is 0 Å². The summed E-state index contributed by atoms with van der Waals surface area (Å²) in [5.74, 6) is 2.75. The highest BCUT2D eigenvalue weighted by molar-refractivity contribution is 7.26. The quantitative estimate of drug-likeness (QED) is 0.133. The molecule has 8 nitrogen and oxygen atoms in total. The number of hydrogen-bond acceptors (Lipinski definition) is 8. The molecular formula is C48H54O8P2. The number of fused-ring (bicyclic) bond motifs is 4. The molecule has 0 fully saturated rings. The lowest BCUT2D eigenvalue weighted by atomic mass is 9.81. The molecule has 2 N–H and O–H groups in total. The second kappa shape index (κ2) is 19.8. The molecule has 4 aromatic carbocycles. The lowest BCUT2D eigenvalue weighted by molar-refractivity contribution is 0.178. The average molecular weight is 821 g/mol. The first kappa shape index (κ1) is 43.7. The van der Waals surface area contributed by atoms with Gasteiger partial charge in [-0.15, -0.1) is 0 Å². The number of rotatable bonds is 5. The Morgan fingerprint density at radius 2 is 1.43 bits per heavy atom. The minimum absolute atomic E-state index is 0.0260. The van der Waals surface area contributed by atoms with E-state index in [2.05, 4.69) is 12.6 Å². The van der Waals surface area contributed by atoms with Crippen molar-refractivity contribution in [2.24, 2.45) is 5.41 Å². The Morgan fingerprint density at radius 3 is 2.03 bits per heavy atom. The van der Waals surface area contributed by atoms with Crippen molar-refractivity contribution < 1.29 is 37.1 Å². The van der Waals surface area contributed by atoms with Gasteiger partial charge in [0.2, 0.25) is 8.67 Å². The number of aliphatic hydroxyl groups is 1. The van der Waals surface area contributed by atoms with Crippen LogP contribution in [0.25, 0.3) is 27.5 Å². The third-order valence-corrected chi connectivity index (χ3v) is 10.6. The number of aromatic hydroxyl groups is 1. The largest absolute Gasteiger partial charge is 0.507 e. The van der Waals surface area contributed by atoms with Crippen LogP contribution < -0.4 is 9.26 Å². The summed E-state index contributed by atoms with van der Waals surface area (Å²) in [6.45, 7) is 15.8. The Balaban J connectivity index is 0.000000176. The van der Waals surface area contributed by atoms with Crippen molar-refractivity contribution in [3.05, 3.63) is 168 Å². The summed E-state index contributed by atoms with van der Waals surface area (Å²) in [5, 5.41) is 24.4. The molecule has 2 aliphatic rings. The normalized spacial score (nSPS) is 16.5. The van der Waals surface area contributed by atoms with Gasteiger partial charge in [-0.1, -0.05) is 133 Å². The monoisotopic (exact) mass is 820 g/mol. The van der Waals surface area contributed by atoms with Crippen LogP contribution in [0.4, 0.5) is 0 Å². The van der Waals surface area contributed by atoms with Crippen molar-refractivity contribution in [3.8, 4) is 17.2 Å². The molecule has 58 heavy (non-hydrogen) atoms. The minimum atomic E-state index is -0.314. The molecule has 5 aromatic rings. The fourth-order valence-corrected chi connectivity index (χ4v) is 7.43. The first-order valence-electron chi connectivity index (χ1n) is 19.0. The number of allylic oxidation sites excluding steroid dienone is 8. The maximum Gasteiger partial charge on any atom is 0.275 e. The van der Waals surface area contributed by atoms with Crippen molar-refractivity contribution in [2.75, 3.05) is 14.2 Å². The topological polar surface area (TPSA) is 104 Å². The molecule has 1 aromatic heterocycles. The van der Waals surface area contributed by atoms with Crippen LogP contribution in [0.5, 0.6) is 17.2 Å². The van der Waals surface area contributed by atoms with Gasteiger partial charge in [0, 0.05) is 46.6 Å². The maximum absolute atomic E-state index is 11.1. The van der Waals surface area contributed by atoms with Crippen molar-refractivity contribution in [3.63, 3.8) is 0 Å². The molecule has 1 aliphatic carbocycles. The number of hydrogen-bond donors (Lipinski definition) is 2. The summed E-state index contributed by atoms with van der Waals surface area (Å²) in [7, 11) is 3.27. The highest BCUT2D eigenvalue weighted by Gasteiger charge is 2.29. The van der Waals surface area contributed by atoms with Crippen LogP contribution >= 0.6 is 17.7 Å². The second-order valence-electron chi connectivity index (χ2n) is 15.6. The van der Waals surface area contributed by atoms with Gasteiger partial charge in [0.1, 0.15) is 39.9 Å². The number of ether oxygens (including phenoxy) is 2. The van der Waals surface area contributed by atoms with E-state index >= 15 is 0 Å². The van der Waals surface area contributed by atoms with Gasteiger partial charge in [-0.25, -0.2) is 0 Å². The van der Waals surface area contributed by atoms with Crippen LogP contribution in [-0.2, 0) is 21.1 Å². The van der Waals surface area contributed by atoms with E-state index in [9.17, 15) is 10.2 Å². The van der Waals surface area contributed by atoms with Crippen molar-refractivity contribution in [1.29, 1.82) is 0 Å². The molecule has 0 bridgehead atoms. The lowest BCUT2D eigenvalue weighted by Gasteiger charge is -2.25. The van der Waals surface area contributed by atoms with E-state index in [1.165, 1.54) is 0 Å². The second-order valence-corrected chi connectivity index (χ2v) is 16.7. The van der Waals surface area contributed by atoms with Gasteiger partial charge < -0.3 is 37.1 Å². The number of para-hydroxylation sites is 3. The van der Waals surface area contributed by atoms with Crippen molar-refractivity contribution in [2.45, 2.75) is 59.5 Å². The van der Waals surface area contributed by atoms with Crippen LogP contribution in [-0.4, -0.2) is 30.5 Å². The highest BCUT2D eigenvalue weighted by Crippen LogP contribution is 2.44. The first-order chi connectivity index (χ1) is 27.7. The molecule has 2 unspecified atom stereocenters. The number of benzene rings is 4. The molecule has 0 radical (unpaired) electrons. The zero-order valence-corrected chi connectivity index (χ0v) is 36.5. The van der Waals surface area contributed by atoms with Gasteiger partial charge in [-0.05, 0) is 58.9 Å². The van der Waals surface area contributed by atoms with Crippen LogP contribution in [0.15, 0.2) is 160 Å². The third kappa shape index (κ3) is 11.2. The van der Waals surface area contributed by atoms with E-state index in [-0.39, 0.29) is 46.1 Å². The molecule has 0 amide bonds. The standard InChI is InChI=1S/C23H32O4.C13H13O2P.C12H9O2P/c1-22(2,3)18-10-9-14(26-7)11-16(20(18)24)17-12-15(27-8)13-19(21(17)25)23(4,5)6;1-2-3-4-8-12-10-11-7-5-6-9-13(11)15-16-14-12;1-3-7-11-9(5-1)10-6-2-4-8-12(10)14-15-13-11/h9-14,24-25H,1-8H3;2-9,16H,1,10H2;1-8,15H/b;4-3-,12-8+;. The van der Waals surface area contributed by atoms with Crippen LogP contribution in [0.2, 0.25) is 0 Å². The zero-order chi connectivity index (χ0) is 41.9. The highest BCUT2D eigenvalue weighted by atomic mass is 31.1. The summed E-state index contributed by atoms with van der Waals surface area (Å²) >= 11 is 0. The van der Waals surface area contributed by atoms with Gasteiger partial charge in [-0.3, -0.25) is 0 Å². The Kier molecular flexibility index (Phi) is 15.0. The Morgan fingerprint density at radius 1 is 0.793 bits per heavy atom. The fourth-order valence-electron chi connectivity index (χ4n) is 6.28. The summed E-state index contributed by atoms with van der Waals surface area (Å²) in [5.41, 5.74) is 4.99. The molecular weight excluding hydrogens is 766 g/mol. The van der Waals surface area contributed by atoms with Gasteiger partial charge in [-0.2, -0.15) is 0 Å². The van der Waals surface area contributed by atoms with Crippen molar-refractivity contribution in [1.82, 2.24) is 0 Å². The van der Waals surface area contributed by atoms with Crippen molar-refractivity contribution >= 4 is 45.2 Å². The van der Waals surface area contributed by atoms with E-state index < -0.39 is 0 Å². The molecule has 10 heteroatoms. The van der Waals surface area contributed by atoms with Gasteiger partial charge in [0.15, 0.2) is 0 Å². The SMILES string of the molecule is C=C/C=C\C=C1/Cc2ccccc2OPO1.COc1cc(C2=CC(OC)C=CC(C(C)(C)C)=C2O)c(O)c(C(C)(C)C)c1.c1ccc2c(c1)o[pH]oc1ccccc12. The van der Waals surface area contributed by atoms with E-state index in [0.29, 0.717) is 16.9 Å². The zero-order valence-electron chi connectivity index (χ0n) is 34.5. The van der Waals surface area contributed by atoms with Crippen LogP contribution in [0.1, 0.15) is 58.2 Å².